The fraction of sp³-hybridized carbons (Fsp3) is 0.0714. The molecule has 0 heterocycles. The molecule has 2 N–H and O–H groups in total. The van der Waals surface area contributed by atoms with Gasteiger partial charge in [0, 0.05) is 9.79 Å². The summed E-state index contributed by atoms with van der Waals surface area (Å²) in [4.78, 5) is 13.2. The number of rotatable bonds is 4. The van der Waals surface area contributed by atoms with Crippen molar-refractivity contribution in [2.24, 2.45) is 5.73 Å². The molecule has 86 valence electrons. The smallest absolute Gasteiger partial charge is 0.221 e. The molecule has 0 bridgehead atoms. The quantitative estimate of drug-likeness (QED) is 0.897. The summed E-state index contributed by atoms with van der Waals surface area (Å²) in [7, 11) is 0. The molecule has 2 aromatic rings. The van der Waals surface area contributed by atoms with Crippen LogP contribution in [-0.4, -0.2) is 5.91 Å². The fourth-order valence-electron chi connectivity index (χ4n) is 1.55. The van der Waals surface area contributed by atoms with E-state index >= 15 is 0 Å². The molecule has 2 rings (SSSR count). The lowest BCUT2D eigenvalue weighted by atomic mass is 10.1. The zero-order valence-electron chi connectivity index (χ0n) is 9.30. The van der Waals surface area contributed by atoms with Crippen LogP contribution < -0.4 is 5.73 Å². The number of benzene rings is 2. The molecule has 0 aliphatic heterocycles. The van der Waals surface area contributed by atoms with E-state index < -0.39 is 0 Å². The number of hydrogen-bond acceptors (Lipinski definition) is 2. The summed E-state index contributed by atoms with van der Waals surface area (Å²) in [5.74, 6) is -0.300. The molecule has 0 radical (unpaired) electrons. The topological polar surface area (TPSA) is 43.1 Å². The van der Waals surface area contributed by atoms with E-state index in [4.69, 9.17) is 5.73 Å². The summed E-state index contributed by atoms with van der Waals surface area (Å²) in [5, 5.41) is 0. The Kier molecular flexibility index (Phi) is 3.83. The number of carbonyl (C=O) groups excluding carboxylic acids is 1. The van der Waals surface area contributed by atoms with Crippen molar-refractivity contribution < 1.29 is 4.79 Å². The summed E-state index contributed by atoms with van der Waals surface area (Å²) in [6.45, 7) is 0. The third kappa shape index (κ3) is 3.36. The van der Waals surface area contributed by atoms with Crippen LogP contribution in [0.25, 0.3) is 0 Å². The predicted molar refractivity (Wildman–Crippen MR) is 69.9 cm³/mol. The van der Waals surface area contributed by atoms with Gasteiger partial charge in [-0.1, -0.05) is 48.2 Å². The molecule has 0 atom stereocenters. The Balaban J connectivity index is 2.23. The van der Waals surface area contributed by atoms with Crippen molar-refractivity contribution in [3.8, 4) is 0 Å². The van der Waals surface area contributed by atoms with E-state index in [1.165, 1.54) is 0 Å². The van der Waals surface area contributed by atoms with Gasteiger partial charge in [0.2, 0.25) is 5.91 Å². The molecule has 0 saturated carbocycles. The molecule has 0 spiro atoms. The number of amides is 1. The monoisotopic (exact) mass is 243 g/mol. The van der Waals surface area contributed by atoms with Crippen LogP contribution in [0.4, 0.5) is 0 Å². The highest BCUT2D eigenvalue weighted by Crippen LogP contribution is 2.30. The second kappa shape index (κ2) is 5.55. The first kappa shape index (κ1) is 11.7. The van der Waals surface area contributed by atoms with Gasteiger partial charge in [0.15, 0.2) is 0 Å². The first-order chi connectivity index (χ1) is 8.25. The Labute approximate surface area is 105 Å². The second-order valence-corrected chi connectivity index (χ2v) is 4.78. The number of hydrogen-bond donors (Lipinski definition) is 1. The lowest BCUT2D eigenvalue weighted by Gasteiger charge is -2.07. The van der Waals surface area contributed by atoms with Crippen LogP contribution in [0.15, 0.2) is 64.4 Å². The summed E-state index contributed by atoms with van der Waals surface area (Å²) in [6, 6.07) is 17.9. The molecule has 1 amide bonds. The summed E-state index contributed by atoms with van der Waals surface area (Å²) < 4.78 is 0. The van der Waals surface area contributed by atoms with Crippen molar-refractivity contribution in [3.05, 3.63) is 60.2 Å². The van der Waals surface area contributed by atoms with Gasteiger partial charge < -0.3 is 5.73 Å². The highest BCUT2D eigenvalue weighted by Gasteiger charge is 2.06. The van der Waals surface area contributed by atoms with Crippen LogP contribution >= 0.6 is 11.8 Å². The average Bonchev–Trinajstić information content (AvgIpc) is 2.32. The maximum absolute atomic E-state index is 11.0. The standard InChI is InChI=1S/C14H13NOS/c15-14(16)10-11-6-4-5-9-13(11)17-12-7-2-1-3-8-12/h1-9H,10H2,(H2,15,16). The second-order valence-electron chi connectivity index (χ2n) is 3.67. The molecular formula is C14H13NOS. The highest BCUT2D eigenvalue weighted by atomic mass is 32.2. The van der Waals surface area contributed by atoms with E-state index in [1.54, 1.807) is 11.8 Å². The van der Waals surface area contributed by atoms with E-state index in [2.05, 4.69) is 0 Å². The molecule has 2 nitrogen and oxygen atoms in total. The lowest BCUT2D eigenvalue weighted by Crippen LogP contribution is -2.14. The highest BCUT2D eigenvalue weighted by molar-refractivity contribution is 7.99. The van der Waals surface area contributed by atoms with Crippen molar-refractivity contribution in [1.29, 1.82) is 0 Å². The minimum atomic E-state index is -0.300. The van der Waals surface area contributed by atoms with Crippen molar-refractivity contribution in [2.45, 2.75) is 16.2 Å². The zero-order valence-corrected chi connectivity index (χ0v) is 10.1. The Morgan fingerprint density at radius 2 is 1.65 bits per heavy atom. The van der Waals surface area contributed by atoms with Crippen molar-refractivity contribution >= 4 is 17.7 Å². The number of nitrogens with two attached hydrogens (primary N) is 1. The summed E-state index contributed by atoms with van der Waals surface area (Å²) in [5.41, 5.74) is 6.22. The minimum absolute atomic E-state index is 0.288. The van der Waals surface area contributed by atoms with E-state index in [-0.39, 0.29) is 12.3 Å². The van der Waals surface area contributed by atoms with Crippen LogP contribution in [0.2, 0.25) is 0 Å². The van der Waals surface area contributed by atoms with Crippen LogP contribution in [0.3, 0.4) is 0 Å². The van der Waals surface area contributed by atoms with Gasteiger partial charge in [0.05, 0.1) is 6.42 Å². The Morgan fingerprint density at radius 3 is 2.35 bits per heavy atom. The van der Waals surface area contributed by atoms with Crippen LogP contribution in [0.1, 0.15) is 5.56 Å². The molecule has 0 unspecified atom stereocenters. The zero-order chi connectivity index (χ0) is 12.1. The molecule has 3 heteroatoms. The van der Waals surface area contributed by atoms with Crippen LogP contribution in [0.5, 0.6) is 0 Å². The molecule has 17 heavy (non-hydrogen) atoms. The van der Waals surface area contributed by atoms with Gasteiger partial charge in [-0.15, -0.1) is 0 Å². The van der Waals surface area contributed by atoms with Crippen molar-refractivity contribution in [1.82, 2.24) is 0 Å². The van der Waals surface area contributed by atoms with Gasteiger partial charge in [-0.3, -0.25) is 4.79 Å². The van der Waals surface area contributed by atoms with Gasteiger partial charge in [-0.25, -0.2) is 0 Å². The maximum atomic E-state index is 11.0. The lowest BCUT2D eigenvalue weighted by molar-refractivity contribution is -0.117. The van der Waals surface area contributed by atoms with E-state index in [1.807, 2.05) is 54.6 Å². The first-order valence-corrected chi connectivity index (χ1v) is 6.16. The molecule has 0 aromatic heterocycles. The first-order valence-electron chi connectivity index (χ1n) is 5.35. The Hall–Kier alpha value is -1.74. The van der Waals surface area contributed by atoms with E-state index in [0.29, 0.717) is 0 Å². The number of primary amides is 1. The normalized spacial score (nSPS) is 10.1. The molecule has 0 saturated heterocycles. The largest absolute Gasteiger partial charge is 0.369 e. The van der Waals surface area contributed by atoms with Gasteiger partial charge >= 0.3 is 0 Å². The summed E-state index contributed by atoms with van der Waals surface area (Å²) >= 11 is 1.65. The van der Waals surface area contributed by atoms with Gasteiger partial charge in [0.1, 0.15) is 0 Å². The number of carbonyl (C=O) groups is 1. The van der Waals surface area contributed by atoms with Crippen molar-refractivity contribution in [3.63, 3.8) is 0 Å². The third-order valence-corrected chi connectivity index (χ3v) is 3.43. The average molecular weight is 243 g/mol. The maximum Gasteiger partial charge on any atom is 0.221 e. The van der Waals surface area contributed by atoms with Crippen LogP contribution in [-0.2, 0) is 11.2 Å². The molecule has 0 aliphatic rings. The van der Waals surface area contributed by atoms with E-state index in [0.717, 1.165) is 15.4 Å². The van der Waals surface area contributed by atoms with Gasteiger partial charge in [0.25, 0.3) is 0 Å². The molecule has 2 aromatic carbocycles. The molecule has 0 fully saturated rings. The Morgan fingerprint density at radius 1 is 1.00 bits per heavy atom. The van der Waals surface area contributed by atoms with Gasteiger partial charge in [-0.05, 0) is 23.8 Å². The minimum Gasteiger partial charge on any atom is -0.369 e. The van der Waals surface area contributed by atoms with Crippen molar-refractivity contribution in [2.75, 3.05) is 0 Å². The summed E-state index contributed by atoms with van der Waals surface area (Å²) in [6.07, 6.45) is 0.288. The third-order valence-electron chi connectivity index (χ3n) is 2.31. The fourth-order valence-corrected chi connectivity index (χ4v) is 2.52. The molecular weight excluding hydrogens is 230 g/mol. The predicted octanol–water partition coefficient (Wildman–Crippen LogP) is 2.87. The molecule has 0 aliphatic carbocycles. The van der Waals surface area contributed by atoms with Gasteiger partial charge in [-0.2, -0.15) is 0 Å². The SMILES string of the molecule is NC(=O)Cc1ccccc1Sc1ccccc1. The Bertz CT molecular complexity index is 511. The van der Waals surface area contributed by atoms with E-state index in [9.17, 15) is 4.79 Å². The van der Waals surface area contributed by atoms with Crippen LogP contribution in [0, 0.1) is 0 Å².